The van der Waals surface area contributed by atoms with Gasteiger partial charge in [-0.15, -0.1) is 0 Å². The van der Waals surface area contributed by atoms with Crippen molar-refractivity contribution in [2.45, 2.75) is 25.9 Å². The molecule has 1 aromatic rings. The quantitative estimate of drug-likeness (QED) is 0.878. The molecule has 1 aromatic carbocycles. The van der Waals surface area contributed by atoms with Gasteiger partial charge in [0.15, 0.2) is 0 Å². The second-order valence-electron chi connectivity index (χ2n) is 4.65. The second kappa shape index (κ2) is 4.31. The minimum atomic E-state index is -0.692. The summed E-state index contributed by atoms with van der Waals surface area (Å²) >= 11 is 5.99. The highest BCUT2D eigenvalue weighted by atomic mass is 35.5. The number of hydrogen-bond donors (Lipinski definition) is 1. The van der Waals surface area contributed by atoms with Crippen LogP contribution in [-0.2, 0) is 0 Å². The van der Waals surface area contributed by atoms with Crippen molar-refractivity contribution < 1.29 is 9.90 Å². The van der Waals surface area contributed by atoms with Gasteiger partial charge in [0, 0.05) is 10.6 Å². The van der Waals surface area contributed by atoms with Crippen LogP contribution in [0.25, 0.3) is 0 Å². The van der Waals surface area contributed by atoms with Gasteiger partial charge in [-0.1, -0.05) is 24.6 Å². The topological polar surface area (TPSA) is 40.5 Å². The summed E-state index contributed by atoms with van der Waals surface area (Å²) in [6.07, 6.45) is 0.672. The van der Waals surface area contributed by atoms with Crippen molar-refractivity contribution in [1.82, 2.24) is 4.90 Å². The molecule has 0 spiro atoms. The number of hydrogen-bond acceptors (Lipinski definition) is 2. The van der Waals surface area contributed by atoms with Gasteiger partial charge < -0.3 is 10.0 Å². The van der Waals surface area contributed by atoms with E-state index in [1.165, 1.54) is 0 Å². The minimum Gasteiger partial charge on any atom is -0.386 e. The molecule has 4 heteroatoms. The van der Waals surface area contributed by atoms with Gasteiger partial charge in [0.25, 0.3) is 5.91 Å². The monoisotopic (exact) mass is 253 g/mol. The Morgan fingerprint density at radius 2 is 2.18 bits per heavy atom. The fraction of sp³-hybridized carbons (Fsp3) is 0.462. The average Bonchev–Trinajstić information content (AvgIpc) is 2.28. The highest BCUT2D eigenvalue weighted by molar-refractivity contribution is 6.31. The van der Waals surface area contributed by atoms with Crippen LogP contribution in [0.15, 0.2) is 18.2 Å². The molecule has 1 aliphatic heterocycles. The molecule has 0 atom stereocenters. The third-order valence-corrected chi connectivity index (χ3v) is 3.82. The van der Waals surface area contributed by atoms with Crippen molar-refractivity contribution in [2.75, 3.05) is 13.1 Å². The Kier molecular flexibility index (Phi) is 3.15. The molecule has 1 amide bonds. The number of β-amino-alcohol motifs (C(OH)–C–C–N with tert-alkyl or cyclic N) is 1. The van der Waals surface area contributed by atoms with Gasteiger partial charge in [-0.3, -0.25) is 4.79 Å². The summed E-state index contributed by atoms with van der Waals surface area (Å²) in [6, 6.07) is 5.31. The van der Waals surface area contributed by atoms with Crippen LogP contribution in [0.5, 0.6) is 0 Å². The van der Waals surface area contributed by atoms with Crippen molar-refractivity contribution in [3.8, 4) is 0 Å². The lowest BCUT2D eigenvalue weighted by atomic mass is 9.90. The maximum Gasteiger partial charge on any atom is 0.254 e. The zero-order chi connectivity index (χ0) is 12.6. The summed E-state index contributed by atoms with van der Waals surface area (Å²) in [5, 5.41) is 10.5. The van der Waals surface area contributed by atoms with Crippen molar-refractivity contribution in [1.29, 1.82) is 0 Å². The third-order valence-electron chi connectivity index (χ3n) is 3.41. The largest absolute Gasteiger partial charge is 0.386 e. The van der Waals surface area contributed by atoms with E-state index in [-0.39, 0.29) is 5.91 Å². The van der Waals surface area contributed by atoms with Gasteiger partial charge in [-0.2, -0.15) is 0 Å². The zero-order valence-electron chi connectivity index (χ0n) is 10.0. The molecule has 0 aliphatic carbocycles. The highest BCUT2D eigenvalue weighted by Crippen LogP contribution is 2.27. The Morgan fingerprint density at radius 1 is 1.53 bits per heavy atom. The molecule has 1 heterocycles. The fourth-order valence-corrected chi connectivity index (χ4v) is 2.22. The van der Waals surface area contributed by atoms with Crippen molar-refractivity contribution >= 4 is 17.5 Å². The van der Waals surface area contributed by atoms with E-state index in [1.54, 1.807) is 23.1 Å². The van der Waals surface area contributed by atoms with E-state index in [9.17, 15) is 9.90 Å². The molecule has 0 radical (unpaired) electrons. The van der Waals surface area contributed by atoms with E-state index in [4.69, 9.17) is 11.6 Å². The van der Waals surface area contributed by atoms with Crippen LogP contribution in [0.2, 0.25) is 5.02 Å². The lowest BCUT2D eigenvalue weighted by molar-refractivity contribution is -0.0826. The molecule has 1 fully saturated rings. The second-order valence-corrected chi connectivity index (χ2v) is 5.06. The maximum atomic E-state index is 12.2. The zero-order valence-corrected chi connectivity index (χ0v) is 10.8. The van der Waals surface area contributed by atoms with Crippen LogP contribution in [0.4, 0.5) is 0 Å². The number of carbonyl (C=O) groups excluding carboxylic acids is 1. The summed E-state index contributed by atoms with van der Waals surface area (Å²) in [5.74, 6) is -0.0527. The summed E-state index contributed by atoms with van der Waals surface area (Å²) in [5.41, 5.74) is 0.726. The molecule has 17 heavy (non-hydrogen) atoms. The molecule has 0 unspecified atom stereocenters. The Hall–Kier alpha value is -1.06. The van der Waals surface area contributed by atoms with Crippen molar-refractivity contribution in [3.05, 3.63) is 34.3 Å². The lowest BCUT2D eigenvalue weighted by Gasteiger charge is -2.46. The molecule has 1 aliphatic rings. The molecule has 3 nitrogen and oxygen atoms in total. The van der Waals surface area contributed by atoms with Gasteiger partial charge >= 0.3 is 0 Å². The molecular weight excluding hydrogens is 238 g/mol. The van der Waals surface area contributed by atoms with Crippen LogP contribution in [0.1, 0.15) is 29.3 Å². The molecule has 1 N–H and O–H groups in total. The molecule has 0 bridgehead atoms. The molecule has 0 aromatic heterocycles. The van der Waals surface area contributed by atoms with E-state index < -0.39 is 5.60 Å². The van der Waals surface area contributed by atoms with Gasteiger partial charge in [0.2, 0.25) is 0 Å². The number of rotatable bonds is 2. The smallest absolute Gasteiger partial charge is 0.254 e. The molecule has 2 rings (SSSR count). The van der Waals surface area contributed by atoms with E-state index in [1.807, 2.05) is 13.8 Å². The normalized spacial score (nSPS) is 17.8. The number of halogens is 1. The molecular formula is C13H16ClNO2. The summed E-state index contributed by atoms with van der Waals surface area (Å²) in [6.45, 7) is 4.58. The Bertz CT molecular complexity index is 453. The van der Waals surface area contributed by atoms with Gasteiger partial charge in [0.05, 0.1) is 18.7 Å². The SMILES string of the molecule is CCC1(O)CN(C(=O)c2cccc(Cl)c2C)C1. The van der Waals surface area contributed by atoms with E-state index in [0.29, 0.717) is 30.1 Å². The van der Waals surface area contributed by atoms with E-state index >= 15 is 0 Å². The molecule has 0 saturated carbocycles. The number of likely N-dealkylation sites (tertiary alicyclic amines) is 1. The Labute approximate surface area is 106 Å². The summed E-state index contributed by atoms with van der Waals surface area (Å²) in [7, 11) is 0. The van der Waals surface area contributed by atoms with Crippen LogP contribution >= 0.6 is 11.6 Å². The van der Waals surface area contributed by atoms with E-state index in [0.717, 1.165) is 5.56 Å². The first-order valence-electron chi connectivity index (χ1n) is 5.73. The Morgan fingerprint density at radius 3 is 2.76 bits per heavy atom. The predicted octanol–water partition coefficient (Wildman–Crippen LogP) is 2.25. The predicted molar refractivity (Wildman–Crippen MR) is 67.3 cm³/mol. The summed E-state index contributed by atoms with van der Waals surface area (Å²) < 4.78 is 0. The average molecular weight is 254 g/mol. The maximum absolute atomic E-state index is 12.2. The first-order chi connectivity index (χ1) is 7.97. The van der Waals surface area contributed by atoms with Gasteiger partial charge in [-0.25, -0.2) is 0 Å². The minimum absolute atomic E-state index is 0.0527. The van der Waals surface area contributed by atoms with E-state index in [2.05, 4.69) is 0 Å². The number of aliphatic hydroxyl groups is 1. The van der Waals surface area contributed by atoms with Gasteiger partial charge in [0.1, 0.15) is 0 Å². The fourth-order valence-electron chi connectivity index (χ4n) is 2.04. The number of amides is 1. The molecule has 1 saturated heterocycles. The Balaban J connectivity index is 2.15. The highest BCUT2D eigenvalue weighted by Gasteiger charge is 2.42. The third kappa shape index (κ3) is 2.17. The molecule has 92 valence electrons. The lowest BCUT2D eigenvalue weighted by Crippen LogP contribution is -2.63. The standard InChI is InChI=1S/C13H16ClNO2/c1-3-13(17)7-15(8-13)12(16)10-5-4-6-11(14)9(10)2/h4-6,17H,3,7-8H2,1-2H3. The first kappa shape index (κ1) is 12.4. The van der Waals surface area contributed by atoms with Crippen LogP contribution in [0.3, 0.4) is 0 Å². The van der Waals surface area contributed by atoms with Crippen molar-refractivity contribution in [2.24, 2.45) is 0 Å². The van der Waals surface area contributed by atoms with Crippen LogP contribution in [-0.4, -0.2) is 34.6 Å². The van der Waals surface area contributed by atoms with Crippen molar-refractivity contribution in [3.63, 3.8) is 0 Å². The number of carbonyl (C=O) groups is 1. The van der Waals surface area contributed by atoms with Gasteiger partial charge in [-0.05, 0) is 31.0 Å². The van der Waals surface area contributed by atoms with Crippen LogP contribution in [0, 0.1) is 6.92 Å². The first-order valence-corrected chi connectivity index (χ1v) is 6.11. The summed E-state index contributed by atoms with van der Waals surface area (Å²) in [4.78, 5) is 13.8. The number of benzene rings is 1. The van der Waals surface area contributed by atoms with Crippen LogP contribution < -0.4 is 0 Å². The number of nitrogens with zero attached hydrogens (tertiary/aromatic N) is 1.